The summed E-state index contributed by atoms with van der Waals surface area (Å²) >= 11 is 1.51. The van der Waals surface area contributed by atoms with Crippen molar-refractivity contribution in [1.29, 1.82) is 0 Å². The largest absolute Gasteiger partial charge is 0.325 e. The van der Waals surface area contributed by atoms with Crippen LogP contribution in [0.25, 0.3) is 10.9 Å². The molecule has 0 aliphatic carbocycles. The summed E-state index contributed by atoms with van der Waals surface area (Å²) < 4.78 is 0. The summed E-state index contributed by atoms with van der Waals surface area (Å²) in [4.78, 5) is 27.0. The summed E-state index contributed by atoms with van der Waals surface area (Å²) in [6.07, 6.45) is 0. The van der Waals surface area contributed by atoms with Crippen LogP contribution in [0.3, 0.4) is 0 Å². The van der Waals surface area contributed by atoms with E-state index in [1.165, 1.54) is 11.8 Å². The number of amides is 1. The van der Waals surface area contributed by atoms with Gasteiger partial charge in [-0.15, -0.1) is 11.8 Å². The van der Waals surface area contributed by atoms with Gasteiger partial charge in [0.1, 0.15) is 0 Å². The molecule has 1 amide bonds. The van der Waals surface area contributed by atoms with Gasteiger partial charge in [-0.25, -0.2) is 0 Å². The lowest BCUT2D eigenvalue weighted by molar-refractivity contribution is -0.113. The average Bonchev–Trinajstić information content (AvgIpc) is 2.58. The highest BCUT2D eigenvalue weighted by atomic mass is 32.2. The number of benzene rings is 2. The molecular weight excluding hydrogens is 344 g/mol. The Labute approximate surface area is 157 Å². The molecular formula is C21H22N2O2S. The number of aryl methyl sites for hydroxylation is 2. The van der Waals surface area contributed by atoms with Crippen LogP contribution in [0.2, 0.25) is 0 Å². The number of nitrogens with one attached hydrogen (secondary N) is 2. The molecule has 0 aliphatic heterocycles. The topological polar surface area (TPSA) is 62.0 Å². The van der Waals surface area contributed by atoms with E-state index in [0.29, 0.717) is 11.5 Å². The molecule has 0 saturated heterocycles. The minimum Gasteiger partial charge on any atom is -0.325 e. The van der Waals surface area contributed by atoms with Crippen LogP contribution in [0.15, 0.2) is 47.3 Å². The van der Waals surface area contributed by atoms with Crippen molar-refractivity contribution in [1.82, 2.24) is 4.98 Å². The number of carbonyl (C=O) groups excluding carboxylic acids is 1. The van der Waals surface area contributed by atoms with Crippen molar-refractivity contribution >= 4 is 34.3 Å². The molecule has 2 aromatic carbocycles. The Bertz CT molecular complexity index is 1020. The quantitative estimate of drug-likeness (QED) is 0.707. The number of H-pyrrole nitrogens is 1. The Hall–Kier alpha value is -2.53. The standard InChI is InChI=1S/C21H22N2O2S/c1-13-7-8-17-16(10-20(24)23-19(17)9-13)11-26-12-21(25)22-18-6-4-5-14(2)15(18)3/h4-10H,11-12H2,1-3H3,(H,22,25)(H,23,24). The molecule has 0 spiro atoms. The third kappa shape index (κ3) is 4.17. The predicted octanol–water partition coefficient (Wildman–Crippen LogP) is 4.33. The van der Waals surface area contributed by atoms with Crippen molar-refractivity contribution in [3.8, 4) is 0 Å². The Kier molecular flexibility index (Phi) is 5.47. The maximum atomic E-state index is 12.2. The average molecular weight is 366 g/mol. The zero-order chi connectivity index (χ0) is 18.7. The second-order valence-electron chi connectivity index (χ2n) is 6.50. The molecule has 3 aromatic rings. The van der Waals surface area contributed by atoms with E-state index < -0.39 is 0 Å². The normalized spacial score (nSPS) is 10.9. The van der Waals surface area contributed by atoms with Gasteiger partial charge in [-0.2, -0.15) is 0 Å². The van der Waals surface area contributed by atoms with Crippen LogP contribution in [-0.2, 0) is 10.5 Å². The van der Waals surface area contributed by atoms with Crippen LogP contribution < -0.4 is 10.9 Å². The molecule has 26 heavy (non-hydrogen) atoms. The lowest BCUT2D eigenvalue weighted by Crippen LogP contribution is -2.15. The Balaban J connectivity index is 1.66. The number of carbonyl (C=O) groups is 1. The zero-order valence-electron chi connectivity index (χ0n) is 15.2. The van der Waals surface area contributed by atoms with E-state index >= 15 is 0 Å². The first-order chi connectivity index (χ1) is 12.4. The van der Waals surface area contributed by atoms with Crippen molar-refractivity contribution < 1.29 is 4.79 Å². The monoisotopic (exact) mass is 366 g/mol. The summed E-state index contributed by atoms with van der Waals surface area (Å²) in [6, 6.07) is 13.5. The van der Waals surface area contributed by atoms with Crippen molar-refractivity contribution in [2.24, 2.45) is 0 Å². The maximum absolute atomic E-state index is 12.2. The van der Waals surface area contributed by atoms with Crippen LogP contribution in [0.4, 0.5) is 5.69 Å². The van der Waals surface area contributed by atoms with Crippen molar-refractivity contribution in [2.75, 3.05) is 11.1 Å². The summed E-state index contributed by atoms with van der Waals surface area (Å²) in [5.41, 5.74) is 5.88. The van der Waals surface area contributed by atoms with Crippen LogP contribution in [0.1, 0.15) is 22.3 Å². The highest BCUT2D eigenvalue weighted by Gasteiger charge is 2.08. The number of thioether (sulfide) groups is 1. The van der Waals surface area contributed by atoms with Gasteiger partial charge in [0.25, 0.3) is 0 Å². The molecule has 3 rings (SSSR count). The van der Waals surface area contributed by atoms with Gasteiger partial charge in [-0.1, -0.05) is 24.3 Å². The van der Waals surface area contributed by atoms with E-state index in [-0.39, 0.29) is 11.5 Å². The third-order valence-corrected chi connectivity index (χ3v) is 5.44. The summed E-state index contributed by atoms with van der Waals surface area (Å²) in [7, 11) is 0. The summed E-state index contributed by atoms with van der Waals surface area (Å²) in [6.45, 7) is 6.03. The van der Waals surface area contributed by atoms with Gasteiger partial charge in [0.2, 0.25) is 11.5 Å². The highest BCUT2D eigenvalue weighted by molar-refractivity contribution is 7.99. The molecule has 0 bridgehead atoms. The first kappa shape index (κ1) is 18.3. The van der Waals surface area contributed by atoms with E-state index in [1.54, 1.807) is 6.07 Å². The summed E-state index contributed by atoms with van der Waals surface area (Å²) in [5.74, 6) is 0.922. The van der Waals surface area contributed by atoms with E-state index in [4.69, 9.17) is 0 Å². The summed E-state index contributed by atoms with van der Waals surface area (Å²) in [5, 5.41) is 3.99. The van der Waals surface area contributed by atoms with Gasteiger partial charge in [-0.3, -0.25) is 9.59 Å². The first-order valence-electron chi connectivity index (χ1n) is 8.50. The maximum Gasteiger partial charge on any atom is 0.248 e. The molecule has 0 atom stereocenters. The van der Waals surface area contributed by atoms with Crippen molar-refractivity contribution in [2.45, 2.75) is 26.5 Å². The molecule has 0 unspecified atom stereocenters. The second-order valence-corrected chi connectivity index (χ2v) is 7.48. The molecule has 2 N–H and O–H groups in total. The van der Waals surface area contributed by atoms with E-state index in [2.05, 4.69) is 10.3 Å². The number of rotatable bonds is 5. The van der Waals surface area contributed by atoms with Crippen LogP contribution in [0, 0.1) is 20.8 Å². The minimum absolute atomic E-state index is 0.0336. The van der Waals surface area contributed by atoms with Crippen LogP contribution in [-0.4, -0.2) is 16.6 Å². The molecule has 5 heteroatoms. The Morgan fingerprint density at radius 1 is 1.12 bits per heavy atom. The van der Waals surface area contributed by atoms with E-state index in [1.807, 2.05) is 57.2 Å². The molecule has 0 fully saturated rings. The SMILES string of the molecule is Cc1ccc2c(CSCC(=O)Nc3cccc(C)c3C)cc(=O)[nH]c2c1. The van der Waals surface area contributed by atoms with Crippen LogP contribution in [0.5, 0.6) is 0 Å². The number of fused-ring (bicyclic) bond motifs is 1. The fourth-order valence-electron chi connectivity index (χ4n) is 2.89. The number of aromatic nitrogens is 1. The molecule has 134 valence electrons. The predicted molar refractivity (Wildman–Crippen MR) is 110 cm³/mol. The van der Waals surface area contributed by atoms with Gasteiger partial charge in [0, 0.05) is 28.4 Å². The lowest BCUT2D eigenvalue weighted by Gasteiger charge is -2.10. The van der Waals surface area contributed by atoms with Gasteiger partial charge in [0.15, 0.2) is 0 Å². The van der Waals surface area contributed by atoms with E-state index in [0.717, 1.165) is 38.8 Å². The number of pyridine rings is 1. The first-order valence-corrected chi connectivity index (χ1v) is 9.66. The van der Waals surface area contributed by atoms with E-state index in [9.17, 15) is 9.59 Å². The van der Waals surface area contributed by atoms with Gasteiger partial charge in [0.05, 0.1) is 5.75 Å². The fourth-order valence-corrected chi connectivity index (χ4v) is 3.71. The molecule has 0 aliphatic rings. The highest BCUT2D eigenvalue weighted by Crippen LogP contribution is 2.22. The van der Waals surface area contributed by atoms with Crippen molar-refractivity contribution in [3.05, 3.63) is 75.1 Å². The molecule has 4 nitrogen and oxygen atoms in total. The Morgan fingerprint density at radius 2 is 1.92 bits per heavy atom. The van der Waals surface area contributed by atoms with Crippen LogP contribution >= 0.6 is 11.8 Å². The molecule has 1 aromatic heterocycles. The molecule has 0 radical (unpaired) electrons. The van der Waals surface area contributed by atoms with Gasteiger partial charge >= 0.3 is 0 Å². The van der Waals surface area contributed by atoms with Crippen molar-refractivity contribution in [3.63, 3.8) is 0 Å². The number of hydrogen-bond donors (Lipinski definition) is 2. The third-order valence-electron chi connectivity index (χ3n) is 4.45. The number of aromatic amines is 1. The molecule has 0 saturated carbocycles. The minimum atomic E-state index is -0.112. The van der Waals surface area contributed by atoms with Gasteiger partial charge in [-0.05, 0) is 55.2 Å². The number of anilines is 1. The zero-order valence-corrected chi connectivity index (χ0v) is 16.0. The molecule has 1 heterocycles. The number of hydrogen-bond acceptors (Lipinski definition) is 3. The smallest absolute Gasteiger partial charge is 0.248 e. The van der Waals surface area contributed by atoms with Gasteiger partial charge < -0.3 is 10.3 Å². The second kappa shape index (κ2) is 7.79. The Morgan fingerprint density at radius 3 is 2.73 bits per heavy atom. The lowest BCUT2D eigenvalue weighted by atomic mass is 10.1. The fraction of sp³-hybridized carbons (Fsp3) is 0.238.